The number of hydrogen-bond donors (Lipinski definition) is 1. The maximum absolute atomic E-state index is 11.9. The molecule has 1 N–H and O–H groups in total. The molecular weight excluding hydrogens is 288 g/mol. The molecule has 4 heteroatoms. The molecule has 2 rings (SSSR count). The first-order chi connectivity index (χ1) is 11.2. The zero-order chi connectivity index (χ0) is 16.5. The van der Waals surface area contributed by atoms with Gasteiger partial charge in [-0.1, -0.05) is 38.2 Å². The van der Waals surface area contributed by atoms with Crippen molar-refractivity contribution in [3.8, 4) is 0 Å². The average molecular weight is 318 g/mol. The Hall–Kier alpha value is -1.58. The zero-order valence-corrected chi connectivity index (χ0v) is 14.4. The van der Waals surface area contributed by atoms with Crippen LogP contribution in [0.4, 0.5) is 0 Å². The predicted molar refractivity (Wildman–Crippen MR) is 93.5 cm³/mol. The number of rotatable bonds is 8. The Morgan fingerprint density at radius 3 is 2.74 bits per heavy atom. The Balaban J connectivity index is 1.56. The molecule has 0 spiro atoms. The molecular formula is C19H30N2O2. The molecule has 0 aliphatic heterocycles. The Morgan fingerprint density at radius 2 is 2.00 bits per heavy atom. The van der Waals surface area contributed by atoms with Crippen molar-refractivity contribution >= 4 is 5.91 Å². The van der Waals surface area contributed by atoms with Crippen LogP contribution in [0.25, 0.3) is 0 Å². The summed E-state index contributed by atoms with van der Waals surface area (Å²) in [4.78, 5) is 23.6. The van der Waals surface area contributed by atoms with E-state index in [1.54, 1.807) is 16.7 Å². The summed E-state index contributed by atoms with van der Waals surface area (Å²) in [6.07, 6.45) is 10.2. The molecule has 1 heterocycles. The van der Waals surface area contributed by atoms with Gasteiger partial charge in [-0.25, -0.2) is 0 Å². The van der Waals surface area contributed by atoms with Gasteiger partial charge in [-0.2, -0.15) is 0 Å². The van der Waals surface area contributed by atoms with Crippen LogP contribution in [-0.4, -0.2) is 17.0 Å². The summed E-state index contributed by atoms with van der Waals surface area (Å²) < 4.78 is 1.80. The quantitative estimate of drug-likeness (QED) is 0.747. The van der Waals surface area contributed by atoms with Gasteiger partial charge in [-0.05, 0) is 38.2 Å². The van der Waals surface area contributed by atoms with E-state index in [0.717, 1.165) is 37.4 Å². The molecule has 0 bridgehead atoms. The van der Waals surface area contributed by atoms with E-state index in [-0.39, 0.29) is 11.5 Å². The second kappa shape index (κ2) is 9.53. The summed E-state index contributed by atoms with van der Waals surface area (Å²) in [6, 6.07) is 5.34. The van der Waals surface area contributed by atoms with Gasteiger partial charge in [0.1, 0.15) is 0 Å². The van der Waals surface area contributed by atoms with Crippen LogP contribution in [0.15, 0.2) is 23.0 Å². The largest absolute Gasteiger partial charge is 0.356 e. The van der Waals surface area contributed by atoms with Gasteiger partial charge < -0.3 is 9.88 Å². The molecule has 0 atom stereocenters. The number of hydrogen-bond acceptors (Lipinski definition) is 2. The van der Waals surface area contributed by atoms with E-state index in [1.165, 1.54) is 32.1 Å². The molecule has 1 amide bonds. The minimum Gasteiger partial charge on any atom is -0.356 e. The van der Waals surface area contributed by atoms with E-state index in [0.29, 0.717) is 13.0 Å². The monoisotopic (exact) mass is 318 g/mol. The fraction of sp³-hybridized carbons (Fsp3) is 0.684. The number of pyridine rings is 1. The van der Waals surface area contributed by atoms with Crippen LogP contribution in [0.2, 0.25) is 0 Å². The highest BCUT2D eigenvalue weighted by Gasteiger charge is 2.14. The molecule has 1 aromatic heterocycles. The Bertz CT molecular complexity index is 545. The predicted octanol–water partition coefficient (Wildman–Crippen LogP) is 3.41. The van der Waals surface area contributed by atoms with E-state index in [1.807, 2.05) is 13.0 Å². The summed E-state index contributed by atoms with van der Waals surface area (Å²) in [5.41, 5.74) is 1.05. The third kappa shape index (κ3) is 6.20. The highest BCUT2D eigenvalue weighted by molar-refractivity contribution is 5.75. The highest BCUT2D eigenvalue weighted by atomic mass is 16.1. The first-order valence-corrected chi connectivity index (χ1v) is 9.10. The minimum absolute atomic E-state index is 0.0570. The van der Waals surface area contributed by atoms with Gasteiger partial charge in [0, 0.05) is 31.3 Å². The van der Waals surface area contributed by atoms with Gasteiger partial charge in [0.2, 0.25) is 5.91 Å². The SMILES string of the molecule is Cc1cccc(=O)n1CCCCNC(=O)CCC1CCCCC1. The van der Waals surface area contributed by atoms with E-state index >= 15 is 0 Å². The fourth-order valence-corrected chi connectivity index (χ4v) is 3.43. The van der Waals surface area contributed by atoms with E-state index < -0.39 is 0 Å². The van der Waals surface area contributed by atoms with Crippen LogP contribution in [0.5, 0.6) is 0 Å². The highest BCUT2D eigenvalue weighted by Crippen LogP contribution is 2.27. The molecule has 0 radical (unpaired) electrons. The molecule has 128 valence electrons. The molecule has 0 unspecified atom stereocenters. The second-order valence-electron chi connectivity index (χ2n) is 6.76. The summed E-state index contributed by atoms with van der Waals surface area (Å²) in [6.45, 7) is 3.39. The number of aryl methyl sites for hydroxylation is 1. The standard InChI is InChI=1S/C19H30N2O2/c1-16-8-7-11-19(23)21(16)15-6-5-14-20-18(22)13-12-17-9-3-2-4-10-17/h7-8,11,17H,2-6,9-10,12-15H2,1H3,(H,20,22). The average Bonchev–Trinajstić information content (AvgIpc) is 2.56. The Kier molecular flexibility index (Phi) is 7.37. The first-order valence-electron chi connectivity index (χ1n) is 9.10. The molecule has 0 aromatic carbocycles. The van der Waals surface area contributed by atoms with Crippen molar-refractivity contribution in [3.63, 3.8) is 0 Å². The number of carbonyl (C=O) groups excluding carboxylic acids is 1. The number of aromatic nitrogens is 1. The molecule has 1 saturated carbocycles. The smallest absolute Gasteiger partial charge is 0.250 e. The van der Waals surface area contributed by atoms with Crippen LogP contribution in [0.3, 0.4) is 0 Å². The lowest BCUT2D eigenvalue weighted by Gasteiger charge is -2.20. The van der Waals surface area contributed by atoms with Crippen molar-refractivity contribution in [2.45, 2.75) is 71.3 Å². The van der Waals surface area contributed by atoms with Crippen molar-refractivity contribution < 1.29 is 4.79 Å². The Morgan fingerprint density at radius 1 is 1.22 bits per heavy atom. The van der Waals surface area contributed by atoms with E-state index in [9.17, 15) is 9.59 Å². The number of carbonyl (C=O) groups is 1. The normalized spacial score (nSPS) is 15.5. The summed E-state index contributed by atoms with van der Waals surface area (Å²) in [5, 5.41) is 3.01. The van der Waals surface area contributed by atoms with Gasteiger partial charge >= 0.3 is 0 Å². The molecule has 1 fully saturated rings. The molecule has 0 saturated heterocycles. The van der Waals surface area contributed by atoms with E-state index in [4.69, 9.17) is 0 Å². The van der Waals surface area contributed by atoms with Crippen molar-refractivity contribution in [1.29, 1.82) is 0 Å². The minimum atomic E-state index is 0.0570. The third-order valence-electron chi connectivity index (χ3n) is 4.90. The Labute approximate surface area is 139 Å². The van der Waals surface area contributed by atoms with Gasteiger partial charge in [0.15, 0.2) is 0 Å². The lowest BCUT2D eigenvalue weighted by atomic mass is 9.86. The van der Waals surface area contributed by atoms with Gasteiger partial charge in [0.25, 0.3) is 5.56 Å². The zero-order valence-electron chi connectivity index (χ0n) is 14.4. The van der Waals surface area contributed by atoms with Crippen molar-refractivity contribution in [2.75, 3.05) is 6.54 Å². The molecule has 4 nitrogen and oxygen atoms in total. The maximum atomic E-state index is 11.9. The van der Waals surface area contributed by atoms with Crippen molar-refractivity contribution in [3.05, 3.63) is 34.2 Å². The van der Waals surface area contributed by atoms with Crippen LogP contribution < -0.4 is 10.9 Å². The number of nitrogens with one attached hydrogen (secondary N) is 1. The maximum Gasteiger partial charge on any atom is 0.250 e. The van der Waals surface area contributed by atoms with Crippen LogP contribution in [0, 0.1) is 12.8 Å². The summed E-state index contributed by atoms with van der Waals surface area (Å²) in [7, 11) is 0. The second-order valence-corrected chi connectivity index (χ2v) is 6.76. The molecule has 1 aliphatic rings. The molecule has 1 aromatic rings. The van der Waals surface area contributed by atoms with Gasteiger partial charge in [-0.3, -0.25) is 9.59 Å². The topological polar surface area (TPSA) is 51.1 Å². The van der Waals surface area contributed by atoms with Crippen LogP contribution >= 0.6 is 0 Å². The van der Waals surface area contributed by atoms with Crippen molar-refractivity contribution in [1.82, 2.24) is 9.88 Å². The summed E-state index contributed by atoms with van der Waals surface area (Å²) in [5.74, 6) is 0.950. The number of nitrogens with zero attached hydrogens (tertiary/aromatic N) is 1. The van der Waals surface area contributed by atoms with Gasteiger partial charge in [0.05, 0.1) is 0 Å². The summed E-state index contributed by atoms with van der Waals surface area (Å²) >= 11 is 0. The molecule has 23 heavy (non-hydrogen) atoms. The fourth-order valence-electron chi connectivity index (χ4n) is 3.43. The van der Waals surface area contributed by atoms with Crippen LogP contribution in [-0.2, 0) is 11.3 Å². The lowest BCUT2D eigenvalue weighted by Crippen LogP contribution is -2.26. The van der Waals surface area contributed by atoms with Crippen LogP contribution in [0.1, 0.15) is 63.5 Å². The third-order valence-corrected chi connectivity index (χ3v) is 4.90. The van der Waals surface area contributed by atoms with Gasteiger partial charge in [-0.15, -0.1) is 0 Å². The lowest BCUT2D eigenvalue weighted by molar-refractivity contribution is -0.121. The first kappa shape index (κ1) is 17.8. The number of amides is 1. The van der Waals surface area contributed by atoms with E-state index in [2.05, 4.69) is 5.32 Å². The molecule has 1 aliphatic carbocycles. The van der Waals surface area contributed by atoms with Crippen molar-refractivity contribution in [2.24, 2.45) is 5.92 Å². The number of unbranched alkanes of at least 4 members (excludes halogenated alkanes) is 1.